The van der Waals surface area contributed by atoms with Gasteiger partial charge in [-0.2, -0.15) is 0 Å². The van der Waals surface area contributed by atoms with Crippen molar-refractivity contribution in [3.63, 3.8) is 0 Å². The minimum Gasteiger partial charge on any atom is -0.452 e. The van der Waals surface area contributed by atoms with Gasteiger partial charge >= 0.3 is 0 Å². The van der Waals surface area contributed by atoms with Crippen molar-refractivity contribution < 1.29 is 18.3 Å². The van der Waals surface area contributed by atoms with Crippen molar-refractivity contribution in [1.29, 1.82) is 0 Å². The van der Waals surface area contributed by atoms with Crippen LogP contribution in [0, 0.1) is 11.6 Å². The largest absolute Gasteiger partial charge is 0.452 e. The molecule has 0 atom stereocenters. The smallest absolute Gasteiger partial charge is 0.168 e. The van der Waals surface area contributed by atoms with Gasteiger partial charge in [-0.1, -0.05) is 17.7 Å². The number of carbonyl (C=O) groups is 1. The molecule has 0 aromatic heterocycles. The molecule has 0 saturated heterocycles. The molecule has 0 aliphatic carbocycles. The van der Waals surface area contributed by atoms with E-state index < -0.39 is 11.6 Å². The minimum absolute atomic E-state index is 0.0414. The molecule has 0 saturated carbocycles. The molecule has 0 amide bonds. The van der Waals surface area contributed by atoms with E-state index in [1.165, 1.54) is 12.1 Å². The summed E-state index contributed by atoms with van der Waals surface area (Å²) in [5.41, 5.74) is 0.186. The summed E-state index contributed by atoms with van der Waals surface area (Å²) in [6, 6.07) is 7.42. The molecule has 0 unspecified atom stereocenters. The summed E-state index contributed by atoms with van der Waals surface area (Å²) in [7, 11) is 0. The van der Waals surface area contributed by atoms with Gasteiger partial charge in [0.2, 0.25) is 0 Å². The van der Waals surface area contributed by atoms with Gasteiger partial charge in [0.15, 0.2) is 23.6 Å². The van der Waals surface area contributed by atoms with Crippen LogP contribution >= 0.6 is 11.6 Å². The van der Waals surface area contributed by atoms with Gasteiger partial charge in [0.25, 0.3) is 0 Å². The number of ether oxygens (including phenoxy) is 1. The Morgan fingerprint density at radius 1 is 1.17 bits per heavy atom. The fraction of sp³-hybridized carbons (Fsp3) is 0. The highest BCUT2D eigenvalue weighted by Gasteiger charge is 2.12. The first kappa shape index (κ1) is 12.5. The normalized spacial score (nSPS) is 10.2. The number of benzene rings is 2. The van der Waals surface area contributed by atoms with E-state index in [-0.39, 0.29) is 22.1 Å². The first-order valence-corrected chi connectivity index (χ1v) is 5.36. The standard InChI is InChI=1S/C13H7ClF2O2/c14-10-3-1-2-8(7-17)13(10)18-12-5-4-9(15)6-11(12)16/h1-7H. The van der Waals surface area contributed by atoms with Crippen LogP contribution in [0.5, 0.6) is 11.5 Å². The van der Waals surface area contributed by atoms with Crippen LogP contribution in [0.2, 0.25) is 5.02 Å². The van der Waals surface area contributed by atoms with E-state index in [2.05, 4.69) is 0 Å². The van der Waals surface area contributed by atoms with Crippen LogP contribution in [0.1, 0.15) is 10.4 Å². The van der Waals surface area contributed by atoms with Crippen molar-refractivity contribution in [2.24, 2.45) is 0 Å². The number of carbonyl (C=O) groups excluding carboxylic acids is 1. The van der Waals surface area contributed by atoms with Crippen LogP contribution in [0.3, 0.4) is 0 Å². The van der Waals surface area contributed by atoms with Crippen LogP contribution in [0.25, 0.3) is 0 Å². The summed E-state index contributed by atoms with van der Waals surface area (Å²) in [5, 5.41) is 0.170. The minimum atomic E-state index is -0.869. The lowest BCUT2D eigenvalue weighted by Gasteiger charge is -2.10. The topological polar surface area (TPSA) is 26.3 Å². The Kier molecular flexibility index (Phi) is 3.58. The average Bonchev–Trinajstić information content (AvgIpc) is 2.34. The Bertz CT molecular complexity index is 600. The summed E-state index contributed by atoms with van der Waals surface area (Å²) in [6.45, 7) is 0. The highest BCUT2D eigenvalue weighted by atomic mass is 35.5. The molecular formula is C13H7ClF2O2. The molecule has 2 aromatic rings. The van der Waals surface area contributed by atoms with Gasteiger partial charge in [0.05, 0.1) is 10.6 Å². The highest BCUT2D eigenvalue weighted by Crippen LogP contribution is 2.33. The van der Waals surface area contributed by atoms with Gasteiger partial charge in [-0.05, 0) is 24.3 Å². The lowest BCUT2D eigenvalue weighted by Crippen LogP contribution is -1.94. The molecule has 0 fully saturated rings. The highest BCUT2D eigenvalue weighted by molar-refractivity contribution is 6.32. The Morgan fingerprint density at radius 3 is 2.61 bits per heavy atom. The molecule has 0 aliphatic heterocycles. The van der Waals surface area contributed by atoms with E-state index in [0.717, 1.165) is 12.1 Å². The summed E-state index contributed by atoms with van der Waals surface area (Å²) in [5.74, 6) is -1.74. The lowest BCUT2D eigenvalue weighted by atomic mass is 10.2. The average molecular weight is 269 g/mol. The van der Waals surface area contributed by atoms with Gasteiger partial charge in [0, 0.05) is 6.07 Å². The third kappa shape index (κ3) is 2.49. The van der Waals surface area contributed by atoms with E-state index in [4.69, 9.17) is 16.3 Å². The second-order valence-electron chi connectivity index (χ2n) is 3.45. The van der Waals surface area contributed by atoms with Gasteiger partial charge in [-0.25, -0.2) is 8.78 Å². The molecule has 2 nitrogen and oxygen atoms in total. The van der Waals surface area contributed by atoms with E-state index in [1.807, 2.05) is 0 Å². The van der Waals surface area contributed by atoms with E-state index in [9.17, 15) is 13.6 Å². The van der Waals surface area contributed by atoms with Crippen molar-refractivity contribution in [1.82, 2.24) is 0 Å². The summed E-state index contributed by atoms with van der Waals surface area (Å²) in [4.78, 5) is 10.8. The molecule has 0 radical (unpaired) electrons. The van der Waals surface area contributed by atoms with Crippen molar-refractivity contribution in [3.8, 4) is 11.5 Å². The number of para-hydroxylation sites is 1. The maximum atomic E-state index is 13.4. The lowest BCUT2D eigenvalue weighted by molar-refractivity contribution is 0.112. The first-order chi connectivity index (χ1) is 8.61. The van der Waals surface area contributed by atoms with Gasteiger partial charge in [0.1, 0.15) is 5.82 Å². The van der Waals surface area contributed by atoms with E-state index in [1.54, 1.807) is 6.07 Å². The van der Waals surface area contributed by atoms with Crippen molar-refractivity contribution in [2.45, 2.75) is 0 Å². The fourth-order valence-electron chi connectivity index (χ4n) is 1.39. The SMILES string of the molecule is O=Cc1cccc(Cl)c1Oc1ccc(F)cc1F. The predicted octanol–water partition coefficient (Wildman–Crippen LogP) is 4.22. The maximum absolute atomic E-state index is 13.4. The zero-order chi connectivity index (χ0) is 13.1. The quantitative estimate of drug-likeness (QED) is 0.779. The van der Waals surface area contributed by atoms with Gasteiger partial charge in [-0.3, -0.25) is 4.79 Å². The zero-order valence-electron chi connectivity index (χ0n) is 8.99. The Hall–Kier alpha value is -1.94. The molecule has 5 heteroatoms. The van der Waals surface area contributed by atoms with Crippen LogP contribution in [0.15, 0.2) is 36.4 Å². The molecule has 0 spiro atoms. The third-order valence-electron chi connectivity index (χ3n) is 2.23. The second kappa shape index (κ2) is 5.14. The van der Waals surface area contributed by atoms with Crippen LogP contribution < -0.4 is 4.74 Å². The Labute approximate surface area is 107 Å². The molecule has 2 aromatic carbocycles. The maximum Gasteiger partial charge on any atom is 0.168 e. The van der Waals surface area contributed by atoms with Gasteiger partial charge in [-0.15, -0.1) is 0 Å². The molecule has 92 valence electrons. The van der Waals surface area contributed by atoms with Crippen molar-refractivity contribution in [2.75, 3.05) is 0 Å². The van der Waals surface area contributed by atoms with Crippen molar-refractivity contribution >= 4 is 17.9 Å². The summed E-state index contributed by atoms with van der Waals surface area (Å²) in [6.07, 6.45) is 0.544. The number of rotatable bonds is 3. The molecule has 0 aliphatic rings. The van der Waals surface area contributed by atoms with E-state index >= 15 is 0 Å². The van der Waals surface area contributed by atoms with Crippen LogP contribution in [-0.4, -0.2) is 6.29 Å². The number of hydrogen-bond donors (Lipinski definition) is 0. The fourth-order valence-corrected chi connectivity index (χ4v) is 1.61. The first-order valence-electron chi connectivity index (χ1n) is 4.98. The molecular weight excluding hydrogens is 262 g/mol. The molecule has 18 heavy (non-hydrogen) atoms. The monoisotopic (exact) mass is 268 g/mol. The third-order valence-corrected chi connectivity index (χ3v) is 2.53. The number of halogens is 3. The molecule has 0 heterocycles. The van der Waals surface area contributed by atoms with Crippen molar-refractivity contribution in [3.05, 3.63) is 58.6 Å². The summed E-state index contributed by atoms with van der Waals surface area (Å²) >= 11 is 5.86. The zero-order valence-corrected chi connectivity index (χ0v) is 9.75. The Morgan fingerprint density at radius 2 is 1.94 bits per heavy atom. The van der Waals surface area contributed by atoms with Crippen LogP contribution in [0.4, 0.5) is 8.78 Å². The van der Waals surface area contributed by atoms with Crippen LogP contribution in [-0.2, 0) is 0 Å². The summed E-state index contributed by atoms with van der Waals surface area (Å²) < 4.78 is 31.4. The number of hydrogen-bond acceptors (Lipinski definition) is 2. The van der Waals surface area contributed by atoms with Gasteiger partial charge < -0.3 is 4.74 Å². The predicted molar refractivity (Wildman–Crippen MR) is 63.3 cm³/mol. The number of aldehydes is 1. The second-order valence-corrected chi connectivity index (χ2v) is 3.86. The molecule has 2 rings (SSSR count). The molecule has 0 bridgehead atoms. The molecule has 0 N–H and O–H groups in total. The van der Waals surface area contributed by atoms with E-state index in [0.29, 0.717) is 12.4 Å². The Balaban J connectivity index is 2.42.